The molecule has 3 aromatic carbocycles. The first-order chi connectivity index (χ1) is 15.7. The fraction of sp³-hybridized carbons (Fsp3) is 0.0741. The van der Waals surface area contributed by atoms with Gasteiger partial charge in [0.1, 0.15) is 0 Å². The van der Waals surface area contributed by atoms with Gasteiger partial charge in [0.25, 0.3) is 0 Å². The maximum absolute atomic E-state index is 5.96. The van der Waals surface area contributed by atoms with Crippen LogP contribution in [0.5, 0.6) is 11.5 Å². The summed E-state index contributed by atoms with van der Waals surface area (Å²) >= 11 is 5.96. The second kappa shape index (κ2) is 10.5. The lowest BCUT2D eigenvalue weighted by Crippen LogP contribution is -2.16. The quantitative estimate of drug-likeness (QED) is 0.272. The molecule has 0 aliphatic carbocycles. The Labute approximate surface area is 193 Å². The molecule has 0 unspecified atom stereocenters. The number of hydrogen-bond acceptors (Lipinski definition) is 4. The van der Waals surface area contributed by atoms with E-state index in [9.17, 15) is 0 Å². The van der Waals surface area contributed by atoms with Gasteiger partial charge in [0.2, 0.25) is 0 Å². The summed E-state index contributed by atoms with van der Waals surface area (Å²) in [5, 5.41) is 0.701. The summed E-state index contributed by atoms with van der Waals surface area (Å²) in [5.41, 5.74) is 4.16. The Kier molecular flexibility index (Phi) is 7.05. The lowest BCUT2D eigenvalue weighted by Gasteiger charge is -2.26. The zero-order chi connectivity index (χ0) is 22.2. The number of anilines is 2. The molecule has 1 aromatic heterocycles. The van der Waals surface area contributed by atoms with Crippen molar-refractivity contribution in [3.8, 4) is 11.5 Å². The second-order valence-electron chi connectivity index (χ2n) is 7.09. The van der Waals surface area contributed by atoms with Gasteiger partial charge in [-0.05, 0) is 59.7 Å². The lowest BCUT2D eigenvalue weighted by atomic mass is 10.2. The molecule has 0 aliphatic rings. The fourth-order valence-corrected chi connectivity index (χ4v) is 3.42. The summed E-state index contributed by atoms with van der Waals surface area (Å²) in [6, 6.07) is 27.7. The SMILES string of the molecule is COc1ccc(N(Cc2cccnc2)c2ccccc2)cc1O/C=C/c1ccc(Cl)cc1. The van der Waals surface area contributed by atoms with Gasteiger partial charge in [0.15, 0.2) is 11.5 Å². The van der Waals surface area contributed by atoms with Crippen LogP contribution in [-0.2, 0) is 6.54 Å². The summed E-state index contributed by atoms with van der Waals surface area (Å²) in [5.74, 6) is 1.28. The molecule has 0 saturated carbocycles. The maximum atomic E-state index is 5.96. The standard InChI is InChI=1S/C27H23ClN2O2/c1-31-26-14-13-25(18-27(26)32-17-15-21-9-11-23(28)12-10-21)30(24-7-3-2-4-8-24)20-22-6-5-16-29-19-22/h2-19H,20H2,1H3/b17-15+. The minimum atomic E-state index is 0.627. The van der Waals surface area contributed by atoms with Crippen molar-refractivity contribution in [3.63, 3.8) is 0 Å². The highest BCUT2D eigenvalue weighted by Gasteiger charge is 2.14. The smallest absolute Gasteiger partial charge is 0.170 e. The van der Waals surface area contributed by atoms with Gasteiger partial charge in [-0.2, -0.15) is 0 Å². The molecular formula is C27H23ClN2O2. The molecule has 32 heavy (non-hydrogen) atoms. The van der Waals surface area contributed by atoms with E-state index < -0.39 is 0 Å². The summed E-state index contributed by atoms with van der Waals surface area (Å²) in [6.07, 6.45) is 7.19. The summed E-state index contributed by atoms with van der Waals surface area (Å²) in [6.45, 7) is 0.671. The normalized spacial score (nSPS) is 10.8. The van der Waals surface area contributed by atoms with Crippen LogP contribution in [0.2, 0.25) is 5.02 Å². The molecule has 0 bridgehead atoms. The second-order valence-corrected chi connectivity index (χ2v) is 7.53. The van der Waals surface area contributed by atoms with Crippen LogP contribution in [-0.4, -0.2) is 12.1 Å². The molecule has 0 atom stereocenters. The minimum Gasteiger partial charge on any atom is -0.493 e. The number of nitrogens with zero attached hydrogens (tertiary/aromatic N) is 2. The van der Waals surface area contributed by atoms with E-state index in [0.717, 1.165) is 22.5 Å². The third-order valence-electron chi connectivity index (χ3n) is 4.92. The van der Waals surface area contributed by atoms with E-state index in [0.29, 0.717) is 23.1 Å². The Morgan fingerprint density at radius 3 is 2.41 bits per heavy atom. The summed E-state index contributed by atoms with van der Waals surface area (Å²) in [4.78, 5) is 6.47. The predicted molar refractivity (Wildman–Crippen MR) is 131 cm³/mol. The lowest BCUT2D eigenvalue weighted by molar-refractivity contribution is 0.379. The molecule has 0 aliphatic heterocycles. The average Bonchev–Trinajstić information content (AvgIpc) is 2.85. The van der Waals surface area contributed by atoms with Crippen LogP contribution in [0.3, 0.4) is 0 Å². The van der Waals surface area contributed by atoms with Gasteiger partial charge in [-0.25, -0.2) is 0 Å². The fourth-order valence-electron chi connectivity index (χ4n) is 3.30. The Bertz CT molecular complexity index is 1160. The zero-order valence-corrected chi connectivity index (χ0v) is 18.4. The molecular weight excluding hydrogens is 420 g/mol. The van der Waals surface area contributed by atoms with E-state index in [1.54, 1.807) is 19.6 Å². The largest absolute Gasteiger partial charge is 0.493 e. The van der Waals surface area contributed by atoms with E-state index >= 15 is 0 Å². The zero-order valence-electron chi connectivity index (χ0n) is 17.7. The van der Waals surface area contributed by atoms with Gasteiger partial charge >= 0.3 is 0 Å². The highest BCUT2D eigenvalue weighted by molar-refractivity contribution is 6.30. The van der Waals surface area contributed by atoms with Gasteiger partial charge < -0.3 is 14.4 Å². The molecule has 0 N–H and O–H groups in total. The molecule has 160 valence electrons. The molecule has 0 radical (unpaired) electrons. The Morgan fingerprint density at radius 1 is 0.875 bits per heavy atom. The van der Waals surface area contributed by atoms with Crippen molar-refractivity contribution in [1.82, 2.24) is 4.98 Å². The third kappa shape index (κ3) is 5.48. The van der Waals surface area contributed by atoms with Crippen molar-refractivity contribution in [2.45, 2.75) is 6.54 Å². The number of para-hydroxylation sites is 1. The highest BCUT2D eigenvalue weighted by Crippen LogP contribution is 2.36. The Hall–Kier alpha value is -3.76. The topological polar surface area (TPSA) is 34.6 Å². The van der Waals surface area contributed by atoms with Crippen molar-refractivity contribution in [3.05, 3.63) is 120 Å². The van der Waals surface area contributed by atoms with Gasteiger partial charge in [-0.3, -0.25) is 4.98 Å². The van der Waals surface area contributed by atoms with Gasteiger partial charge in [-0.15, -0.1) is 0 Å². The van der Waals surface area contributed by atoms with Gasteiger partial charge in [0.05, 0.1) is 13.4 Å². The molecule has 4 rings (SSSR count). The Balaban J connectivity index is 1.63. The van der Waals surface area contributed by atoms with Crippen molar-refractivity contribution in [1.29, 1.82) is 0 Å². The van der Waals surface area contributed by atoms with Crippen LogP contribution in [0.15, 0.2) is 104 Å². The number of benzene rings is 3. The summed E-state index contributed by atoms with van der Waals surface area (Å²) < 4.78 is 11.5. The number of hydrogen-bond donors (Lipinski definition) is 0. The number of pyridine rings is 1. The monoisotopic (exact) mass is 442 g/mol. The molecule has 4 nitrogen and oxygen atoms in total. The van der Waals surface area contributed by atoms with Gasteiger partial charge in [-0.1, -0.05) is 48.0 Å². The first-order valence-electron chi connectivity index (χ1n) is 10.2. The van der Waals surface area contributed by atoms with E-state index in [-0.39, 0.29) is 0 Å². The number of halogens is 1. The third-order valence-corrected chi connectivity index (χ3v) is 5.17. The molecule has 4 aromatic rings. The number of ether oxygens (including phenoxy) is 2. The Morgan fingerprint density at radius 2 is 1.69 bits per heavy atom. The molecule has 0 amide bonds. The highest BCUT2D eigenvalue weighted by atomic mass is 35.5. The van der Waals surface area contributed by atoms with Crippen molar-refractivity contribution in [2.75, 3.05) is 12.0 Å². The number of methoxy groups -OCH3 is 1. The van der Waals surface area contributed by atoms with Crippen molar-refractivity contribution >= 4 is 29.1 Å². The predicted octanol–water partition coefficient (Wildman–Crippen LogP) is 7.13. The van der Waals surface area contributed by atoms with E-state index in [2.05, 4.69) is 28.1 Å². The van der Waals surface area contributed by atoms with Crippen LogP contribution >= 0.6 is 11.6 Å². The van der Waals surface area contributed by atoms with Crippen LogP contribution in [0.1, 0.15) is 11.1 Å². The number of aromatic nitrogens is 1. The number of rotatable bonds is 8. The van der Waals surface area contributed by atoms with Crippen molar-refractivity contribution in [2.24, 2.45) is 0 Å². The molecule has 1 heterocycles. The van der Waals surface area contributed by atoms with Crippen LogP contribution < -0.4 is 14.4 Å². The first kappa shape index (κ1) is 21.5. The van der Waals surface area contributed by atoms with E-state index in [1.165, 1.54) is 0 Å². The molecule has 0 fully saturated rings. The maximum Gasteiger partial charge on any atom is 0.170 e. The van der Waals surface area contributed by atoms with Crippen LogP contribution in [0, 0.1) is 0 Å². The van der Waals surface area contributed by atoms with E-state index in [4.69, 9.17) is 21.1 Å². The van der Waals surface area contributed by atoms with Gasteiger partial charge in [0, 0.05) is 41.4 Å². The molecule has 0 saturated heterocycles. The van der Waals surface area contributed by atoms with E-state index in [1.807, 2.05) is 79.0 Å². The van der Waals surface area contributed by atoms with Crippen LogP contribution in [0.25, 0.3) is 6.08 Å². The molecule has 5 heteroatoms. The average molecular weight is 443 g/mol. The van der Waals surface area contributed by atoms with Crippen molar-refractivity contribution < 1.29 is 9.47 Å². The summed E-state index contributed by atoms with van der Waals surface area (Å²) in [7, 11) is 1.63. The minimum absolute atomic E-state index is 0.627. The molecule has 0 spiro atoms. The van der Waals surface area contributed by atoms with Crippen LogP contribution in [0.4, 0.5) is 11.4 Å². The first-order valence-corrected chi connectivity index (χ1v) is 10.6.